The van der Waals surface area contributed by atoms with Crippen molar-refractivity contribution in [2.75, 3.05) is 0 Å². The summed E-state index contributed by atoms with van der Waals surface area (Å²) < 4.78 is 2.22. The van der Waals surface area contributed by atoms with Gasteiger partial charge in [0.15, 0.2) is 0 Å². The van der Waals surface area contributed by atoms with Crippen LogP contribution in [0.3, 0.4) is 0 Å². The molecule has 0 radical (unpaired) electrons. The highest BCUT2D eigenvalue weighted by molar-refractivity contribution is 6.02. The Hall–Kier alpha value is -2.02. The Morgan fingerprint density at radius 1 is 1.38 bits per heavy atom. The highest BCUT2D eigenvalue weighted by atomic mass is 16.1. The maximum atomic E-state index is 12.5. The second-order valence-corrected chi connectivity index (χ2v) is 7.30. The third-order valence-corrected chi connectivity index (χ3v) is 5.13. The van der Waals surface area contributed by atoms with E-state index in [0.717, 1.165) is 36.2 Å². The number of hydrogen-bond donors (Lipinski definition) is 1. The van der Waals surface area contributed by atoms with Crippen LogP contribution >= 0.6 is 0 Å². The Morgan fingerprint density at radius 2 is 2.04 bits per heavy atom. The molecule has 130 valence electrons. The van der Waals surface area contributed by atoms with E-state index >= 15 is 0 Å². The molecule has 1 fully saturated rings. The zero-order chi connectivity index (χ0) is 17.9. The predicted molar refractivity (Wildman–Crippen MR) is 97.4 cm³/mol. The van der Waals surface area contributed by atoms with Crippen LogP contribution in [0.5, 0.6) is 0 Å². The van der Waals surface area contributed by atoms with Gasteiger partial charge in [-0.2, -0.15) is 5.26 Å². The third-order valence-electron chi connectivity index (χ3n) is 5.13. The van der Waals surface area contributed by atoms with Crippen LogP contribution in [0.1, 0.15) is 69.4 Å². The number of carbonyl (C=O) groups excluding carboxylic acids is 1. The number of hydrogen-bond acceptors (Lipinski definition) is 2. The smallest absolute Gasteiger partial charge is 0.262 e. The lowest BCUT2D eigenvalue weighted by molar-refractivity contribution is -0.118. The molecule has 1 aliphatic rings. The van der Waals surface area contributed by atoms with E-state index in [2.05, 4.69) is 43.6 Å². The highest BCUT2D eigenvalue weighted by Crippen LogP contribution is 2.25. The molecular formula is C20H29N3O. The maximum absolute atomic E-state index is 12.5. The molecule has 4 nitrogen and oxygen atoms in total. The van der Waals surface area contributed by atoms with Crippen LogP contribution in [0.2, 0.25) is 0 Å². The molecule has 1 aromatic heterocycles. The van der Waals surface area contributed by atoms with Crippen molar-refractivity contribution in [1.82, 2.24) is 9.88 Å². The topological polar surface area (TPSA) is 57.8 Å². The van der Waals surface area contributed by atoms with Gasteiger partial charge in [0.05, 0.1) is 0 Å². The Balaban J connectivity index is 2.22. The molecule has 0 saturated heterocycles. The van der Waals surface area contributed by atoms with Crippen LogP contribution in [-0.2, 0) is 4.79 Å². The molecule has 1 N–H and O–H groups in total. The molecule has 1 heterocycles. The van der Waals surface area contributed by atoms with Crippen LogP contribution in [0, 0.1) is 31.1 Å². The Bertz CT molecular complexity index is 676. The van der Waals surface area contributed by atoms with Crippen molar-refractivity contribution in [2.24, 2.45) is 5.92 Å². The van der Waals surface area contributed by atoms with Gasteiger partial charge in [0.25, 0.3) is 5.91 Å². The first-order valence-electron chi connectivity index (χ1n) is 8.96. The fourth-order valence-electron chi connectivity index (χ4n) is 3.82. The van der Waals surface area contributed by atoms with E-state index in [4.69, 9.17) is 0 Å². The standard InChI is InChI=1S/C20H29N3O/c1-13(2)23-15(4)10-17(16(23)5)11-18(12-21)20(24)22-19-9-7-6-8-14(19)3/h10-11,13-14,19H,6-9H2,1-5H3,(H,22,24)/b18-11+/t14-,19-/m0/s1. The molecule has 1 aromatic rings. The summed E-state index contributed by atoms with van der Waals surface area (Å²) in [5.41, 5.74) is 3.38. The molecular weight excluding hydrogens is 298 g/mol. The number of nitrogens with one attached hydrogen (secondary N) is 1. The van der Waals surface area contributed by atoms with Gasteiger partial charge in [0.1, 0.15) is 11.6 Å². The molecule has 1 amide bonds. The average Bonchev–Trinajstić information content (AvgIpc) is 2.81. The minimum atomic E-state index is -0.245. The third kappa shape index (κ3) is 3.90. The lowest BCUT2D eigenvalue weighted by Gasteiger charge is -2.29. The molecule has 0 aromatic carbocycles. The van der Waals surface area contributed by atoms with Crippen molar-refractivity contribution in [1.29, 1.82) is 5.26 Å². The van der Waals surface area contributed by atoms with E-state index in [-0.39, 0.29) is 17.5 Å². The lowest BCUT2D eigenvalue weighted by Crippen LogP contribution is -2.41. The van der Waals surface area contributed by atoms with Crippen molar-refractivity contribution in [3.8, 4) is 6.07 Å². The van der Waals surface area contributed by atoms with Gasteiger partial charge in [0, 0.05) is 23.5 Å². The Morgan fingerprint density at radius 3 is 2.58 bits per heavy atom. The quantitative estimate of drug-likeness (QED) is 0.662. The number of aryl methyl sites for hydroxylation is 1. The van der Waals surface area contributed by atoms with Crippen LogP contribution in [0.15, 0.2) is 11.6 Å². The molecule has 0 bridgehead atoms. The summed E-state index contributed by atoms with van der Waals surface area (Å²) in [4.78, 5) is 12.5. The summed E-state index contributed by atoms with van der Waals surface area (Å²) >= 11 is 0. The van der Waals surface area contributed by atoms with Gasteiger partial charge in [-0.1, -0.05) is 19.8 Å². The predicted octanol–water partition coefficient (Wildman–Crippen LogP) is 4.29. The van der Waals surface area contributed by atoms with Gasteiger partial charge in [-0.05, 0) is 64.2 Å². The molecule has 0 aliphatic heterocycles. The summed E-state index contributed by atoms with van der Waals surface area (Å²) in [6.45, 7) is 10.5. The van der Waals surface area contributed by atoms with E-state index in [1.165, 1.54) is 6.42 Å². The van der Waals surface area contributed by atoms with Gasteiger partial charge in [-0.25, -0.2) is 0 Å². The molecule has 2 atom stereocenters. The fourth-order valence-corrected chi connectivity index (χ4v) is 3.82. The molecule has 0 unspecified atom stereocenters. The minimum Gasteiger partial charge on any atom is -0.348 e. The Labute approximate surface area is 145 Å². The lowest BCUT2D eigenvalue weighted by atomic mass is 9.86. The zero-order valence-corrected chi connectivity index (χ0v) is 15.5. The van der Waals surface area contributed by atoms with Crippen LogP contribution < -0.4 is 5.32 Å². The largest absolute Gasteiger partial charge is 0.348 e. The van der Waals surface area contributed by atoms with Crippen molar-refractivity contribution in [2.45, 2.75) is 72.4 Å². The SMILES string of the molecule is Cc1cc(/C=C(\C#N)C(=O)N[C@H]2CCCC[C@@H]2C)c(C)n1C(C)C. The van der Waals surface area contributed by atoms with Gasteiger partial charge in [0.2, 0.25) is 0 Å². The monoisotopic (exact) mass is 327 g/mol. The molecule has 2 rings (SSSR count). The zero-order valence-electron chi connectivity index (χ0n) is 15.5. The van der Waals surface area contributed by atoms with Crippen LogP contribution in [0.25, 0.3) is 6.08 Å². The highest BCUT2D eigenvalue weighted by Gasteiger charge is 2.24. The van der Waals surface area contributed by atoms with Gasteiger partial charge < -0.3 is 9.88 Å². The van der Waals surface area contributed by atoms with Crippen LogP contribution in [-0.4, -0.2) is 16.5 Å². The van der Waals surface area contributed by atoms with Crippen molar-refractivity contribution in [3.63, 3.8) is 0 Å². The second-order valence-electron chi connectivity index (χ2n) is 7.30. The first kappa shape index (κ1) is 18.3. The molecule has 0 spiro atoms. The van der Waals surface area contributed by atoms with Crippen LogP contribution in [0.4, 0.5) is 0 Å². The van der Waals surface area contributed by atoms with E-state index in [9.17, 15) is 10.1 Å². The number of carbonyl (C=O) groups is 1. The normalized spacial score (nSPS) is 21.6. The van der Waals surface area contributed by atoms with Gasteiger partial charge >= 0.3 is 0 Å². The number of aromatic nitrogens is 1. The molecule has 4 heteroatoms. The van der Waals surface area contributed by atoms with Crippen molar-refractivity contribution in [3.05, 3.63) is 28.6 Å². The van der Waals surface area contributed by atoms with E-state index in [1.54, 1.807) is 6.08 Å². The van der Waals surface area contributed by atoms with Gasteiger partial charge in [-0.15, -0.1) is 0 Å². The summed E-state index contributed by atoms with van der Waals surface area (Å²) in [6, 6.07) is 4.67. The first-order valence-corrected chi connectivity index (χ1v) is 8.96. The first-order chi connectivity index (χ1) is 11.3. The number of nitrogens with zero attached hydrogens (tertiary/aromatic N) is 2. The molecule has 1 saturated carbocycles. The maximum Gasteiger partial charge on any atom is 0.262 e. The summed E-state index contributed by atoms with van der Waals surface area (Å²) in [5, 5.41) is 12.5. The number of amides is 1. The Kier molecular flexibility index (Phi) is 5.88. The molecule has 1 aliphatic carbocycles. The number of nitriles is 1. The second kappa shape index (κ2) is 7.70. The van der Waals surface area contributed by atoms with E-state index in [0.29, 0.717) is 12.0 Å². The van der Waals surface area contributed by atoms with Gasteiger partial charge in [-0.3, -0.25) is 4.79 Å². The number of rotatable bonds is 4. The molecule has 24 heavy (non-hydrogen) atoms. The van der Waals surface area contributed by atoms with Crippen molar-refractivity contribution >= 4 is 12.0 Å². The van der Waals surface area contributed by atoms with Crippen molar-refractivity contribution < 1.29 is 4.79 Å². The van der Waals surface area contributed by atoms with E-state index < -0.39 is 0 Å². The summed E-state index contributed by atoms with van der Waals surface area (Å²) in [6.07, 6.45) is 6.26. The average molecular weight is 327 g/mol. The minimum absolute atomic E-state index is 0.186. The fraction of sp³-hybridized carbons (Fsp3) is 0.600. The summed E-state index contributed by atoms with van der Waals surface area (Å²) in [7, 11) is 0. The van der Waals surface area contributed by atoms with E-state index in [1.807, 2.05) is 13.0 Å². The summed E-state index contributed by atoms with van der Waals surface area (Å²) in [5.74, 6) is 0.235.